The Balaban J connectivity index is 3.84. The molecular weight excluding hydrogens is 190 g/mol. The minimum absolute atomic E-state index is 0.0534. The van der Waals surface area contributed by atoms with Gasteiger partial charge >= 0.3 is 0 Å². The Morgan fingerprint density at radius 1 is 1.40 bits per heavy atom. The number of hydroxylamine groups is 1. The van der Waals surface area contributed by atoms with Gasteiger partial charge in [-0.3, -0.25) is 4.84 Å². The van der Waals surface area contributed by atoms with Gasteiger partial charge in [0.1, 0.15) is 0 Å². The van der Waals surface area contributed by atoms with E-state index in [-0.39, 0.29) is 12.1 Å². The van der Waals surface area contributed by atoms with Crippen LogP contribution in [0.2, 0.25) is 0 Å². The maximum absolute atomic E-state index is 6.01. The lowest BCUT2D eigenvalue weighted by Crippen LogP contribution is -2.31. The van der Waals surface area contributed by atoms with Crippen LogP contribution in [0.25, 0.3) is 0 Å². The minimum Gasteiger partial charge on any atom is -0.391 e. The van der Waals surface area contributed by atoms with Crippen molar-refractivity contribution in [1.82, 2.24) is 10.8 Å². The van der Waals surface area contributed by atoms with Gasteiger partial charge in [-0.25, -0.2) is 5.48 Å². The van der Waals surface area contributed by atoms with E-state index < -0.39 is 0 Å². The highest BCUT2D eigenvalue weighted by Gasteiger charge is 2.10. The lowest BCUT2D eigenvalue weighted by Gasteiger charge is -2.18. The number of nitrogens with one attached hydrogen (secondary N) is 2. The molecule has 0 radical (unpaired) electrons. The van der Waals surface area contributed by atoms with Gasteiger partial charge in [0.2, 0.25) is 0 Å². The van der Waals surface area contributed by atoms with Gasteiger partial charge in [-0.15, -0.1) is 0 Å². The summed E-state index contributed by atoms with van der Waals surface area (Å²) in [6.07, 6.45) is 2.93. The molecule has 4 nitrogen and oxygen atoms in total. The Morgan fingerprint density at radius 3 is 2.60 bits per heavy atom. The molecule has 0 amide bonds. The third-order valence-electron chi connectivity index (χ3n) is 2.13. The average molecular weight is 215 g/mol. The average Bonchev–Trinajstić information content (AvgIpc) is 2.22. The lowest BCUT2D eigenvalue weighted by molar-refractivity contribution is -0.0176. The first kappa shape index (κ1) is 14.4. The van der Waals surface area contributed by atoms with Crippen LogP contribution in [0.1, 0.15) is 34.1 Å². The number of nitrogens with two attached hydrogens (primary N) is 1. The third kappa shape index (κ3) is 7.36. The standard InChI is InChI=1S/C11H25N3O/c1-5-13-8-9(3)11(12)7-10(4)15-14-6-2/h8,10-11,13-14H,5-7,12H2,1-4H3/b9-8+. The molecule has 0 heterocycles. The normalized spacial score (nSPS) is 16.2. The molecule has 90 valence electrons. The van der Waals surface area contributed by atoms with Crippen LogP contribution >= 0.6 is 0 Å². The highest BCUT2D eigenvalue weighted by molar-refractivity contribution is 5.05. The van der Waals surface area contributed by atoms with Crippen LogP contribution in [0.3, 0.4) is 0 Å². The van der Waals surface area contributed by atoms with Crippen molar-refractivity contribution in [3.63, 3.8) is 0 Å². The minimum atomic E-state index is 0.0534. The van der Waals surface area contributed by atoms with Crippen molar-refractivity contribution in [3.8, 4) is 0 Å². The fourth-order valence-corrected chi connectivity index (χ4v) is 1.19. The summed E-state index contributed by atoms with van der Waals surface area (Å²) in [6.45, 7) is 9.85. The molecule has 2 unspecified atom stereocenters. The molecule has 0 saturated heterocycles. The molecule has 0 rings (SSSR count). The van der Waals surface area contributed by atoms with Crippen LogP contribution < -0.4 is 16.5 Å². The van der Waals surface area contributed by atoms with E-state index in [0.717, 1.165) is 25.1 Å². The molecule has 0 bridgehead atoms. The van der Waals surface area contributed by atoms with Crippen LogP contribution in [0.4, 0.5) is 0 Å². The molecule has 0 aliphatic rings. The number of rotatable bonds is 8. The Labute approximate surface area is 93.2 Å². The maximum Gasteiger partial charge on any atom is 0.0780 e. The Kier molecular flexibility index (Phi) is 8.37. The van der Waals surface area contributed by atoms with Gasteiger partial charge in [0.05, 0.1) is 6.10 Å². The molecule has 0 aliphatic carbocycles. The maximum atomic E-state index is 6.01. The second-order valence-electron chi connectivity index (χ2n) is 3.71. The molecule has 0 saturated carbocycles. The molecule has 0 fully saturated rings. The number of hydrogen-bond donors (Lipinski definition) is 3. The van der Waals surface area contributed by atoms with Crippen molar-refractivity contribution in [3.05, 3.63) is 11.8 Å². The molecule has 0 aliphatic heterocycles. The van der Waals surface area contributed by atoms with E-state index >= 15 is 0 Å². The third-order valence-corrected chi connectivity index (χ3v) is 2.13. The van der Waals surface area contributed by atoms with Crippen LogP contribution in [-0.2, 0) is 4.84 Å². The van der Waals surface area contributed by atoms with Gasteiger partial charge in [-0.05, 0) is 39.0 Å². The second-order valence-corrected chi connectivity index (χ2v) is 3.71. The summed E-state index contributed by atoms with van der Waals surface area (Å²) >= 11 is 0. The molecule has 15 heavy (non-hydrogen) atoms. The Hall–Kier alpha value is -0.580. The van der Waals surface area contributed by atoms with Crippen molar-refractivity contribution in [2.75, 3.05) is 13.1 Å². The van der Waals surface area contributed by atoms with Gasteiger partial charge in [-0.1, -0.05) is 6.92 Å². The molecule has 0 aromatic heterocycles. The predicted molar refractivity (Wildman–Crippen MR) is 64.2 cm³/mol. The summed E-state index contributed by atoms with van der Waals surface area (Å²) in [5, 5.41) is 3.15. The largest absolute Gasteiger partial charge is 0.391 e. The molecular formula is C11H25N3O. The molecule has 0 spiro atoms. The van der Waals surface area contributed by atoms with Gasteiger partial charge < -0.3 is 11.1 Å². The van der Waals surface area contributed by atoms with Gasteiger partial charge in [0, 0.05) is 19.1 Å². The summed E-state index contributed by atoms with van der Waals surface area (Å²) in [4.78, 5) is 5.34. The topological polar surface area (TPSA) is 59.3 Å². The lowest BCUT2D eigenvalue weighted by atomic mass is 10.0. The highest BCUT2D eigenvalue weighted by atomic mass is 16.7. The fraction of sp³-hybridized carbons (Fsp3) is 0.818. The molecule has 2 atom stereocenters. The SMILES string of the molecule is CCN/C=C(\C)C(N)CC(C)ONCC. The summed E-state index contributed by atoms with van der Waals surface area (Å²) < 4.78 is 0. The quantitative estimate of drug-likeness (QED) is 0.532. The predicted octanol–water partition coefficient (Wildman–Crippen LogP) is 1.15. The highest BCUT2D eigenvalue weighted by Crippen LogP contribution is 2.06. The molecule has 4 heteroatoms. The fourth-order valence-electron chi connectivity index (χ4n) is 1.19. The number of hydrogen-bond acceptors (Lipinski definition) is 4. The van der Waals surface area contributed by atoms with Crippen molar-refractivity contribution < 1.29 is 4.84 Å². The zero-order chi connectivity index (χ0) is 11.7. The Morgan fingerprint density at radius 2 is 2.07 bits per heavy atom. The van der Waals surface area contributed by atoms with Gasteiger partial charge in [0.25, 0.3) is 0 Å². The molecule has 0 aromatic rings. The van der Waals surface area contributed by atoms with Crippen LogP contribution in [0.5, 0.6) is 0 Å². The van der Waals surface area contributed by atoms with E-state index in [9.17, 15) is 0 Å². The van der Waals surface area contributed by atoms with Crippen molar-refractivity contribution in [1.29, 1.82) is 0 Å². The zero-order valence-electron chi connectivity index (χ0n) is 10.3. The summed E-state index contributed by atoms with van der Waals surface area (Å²) in [7, 11) is 0. The van der Waals surface area contributed by atoms with E-state index in [1.165, 1.54) is 0 Å². The summed E-state index contributed by atoms with van der Waals surface area (Å²) in [6, 6.07) is 0.0534. The zero-order valence-corrected chi connectivity index (χ0v) is 10.3. The van der Waals surface area contributed by atoms with Crippen LogP contribution in [-0.4, -0.2) is 25.2 Å². The summed E-state index contributed by atoms with van der Waals surface area (Å²) in [5.41, 5.74) is 10.0. The smallest absolute Gasteiger partial charge is 0.0780 e. The molecule has 0 aromatic carbocycles. The van der Waals surface area contributed by atoms with Crippen molar-refractivity contribution in [2.24, 2.45) is 5.73 Å². The van der Waals surface area contributed by atoms with E-state index in [1.54, 1.807) is 0 Å². The van der Waals surface area contributed by atoms with Crippen LogP contribution in [0.15, 0.2) is 11.8 Å². The first-order valence-electron chi connectivity index (χ1n) is 5.65. The first-order valence-corrected chi connectivity index (χ1v) is 5.65. The monoisotopic (exact) mass is 215 g/mol. The molecule has 4 N–H and O–H groups in total. The van der Waals surface area contributed by atoms with E-state index in [0.29, 0.717) is 0 Å². The van der Waals surface area contributed by atoms with Gasteiger partial charge in [-0.2, -0.15) is 0 Å². The summed E-state index contributed by atoms with van der Waals surface area (Å²) in [5.74, 6) is 0. The van der Waals surface area contributed by atoms with E-state index in [4.69, 9.17) is 10.6 Å². The van der Waals surface area contributed by atoms with Gasteiger partial charge in [0.15, 0.2) is 0 Å². The van der Waals surface area contributed by atoms with Crippen LogP contribution in [0, 0.1) is 0 Å². The van der Waals surface area contributed by atoms with Crippen molar-refractivity contribution >= 4 is 0 Å². The van der Waals surface area contributed by atoms with Crippen molar-refractivity contribution in [2.45, 2.75) is 46.3 Å². The Bertz CT molecular complexity index is 183. The van der Waals surface area contributed by atoms with E-state index in [2.05, 4.69) is 17.7 Å². The second kappa shape index (κ2) is 8.71. The van der Waals surface area contributed by atoms with E-state index in [1.807, 2.05) is 27.0 Å². The first-order chi connectivity index (χ1) is 7.11.